The highest BCUT2D eigenvalue weighted by molar-refractivity contribution is 7.89. The van der Waals surface area contributed by atoms with Crippen LogP contribution < -0.4 is 4.72 Å². The number of nitrogens with zero attached hydrogens (tertiary/aromatic N) is 6. The van der Waals surface area contributed by atoms with Gasteiger partial charge in [0.15, 0.2) is 9.90 Å². The van der Waals surface area contributed by atoms with E-state index >= 15 is 0 Å². The van der Waals surface area contributed by atoms with Gasteiger partial charge in [-0.05, 0) is 25.0 Å². The Morgan fingerprint density at radius 2 is 2.13 bits per heavy atom. The Balaban J connectivity index is 1.66. The molecule has 1 unspecified atom stereocenters. The summed E-state index contributed by atoms with van der Waals surface area (Å²) in [6.07, 6.45) is 1.75. The van der Waals surface area contributed by atoms with Crippen molar-refractivity contribution in [3.05, 3.63) is 47.7 Å². The van der Waals surface area contributed by atoms with Crippen molar-refractivity contribution in [2.24, 2.45) is 0 Å². The average molecular weight is 457 g/mol. The van der Waals surface area contributed by atoms with Crippen LogP contribution in [-0.2, 0) is 11.4 Å². The normalized spacial score (nSPS) is 15.8. The maximum atomic E-state index is 13.0. The molecule has 0 aliphatic heterocycles. The molecule has 0 saturated heterocycles. The van der Waals surface area contributed by atoms with Gasteiger partial charge < -0.3 is 4.55 Å². The Morgan fingerprint density at radius 3 is 2.77 bits per heavy atom. The minimum Gasteiger partial charge on any atom is -0.593 e. The molecule has 1 aliphatic carbocycles. The van der Waals surface area contributed by atoms with Crippen LogP contribution in [0.25, 0.3) is 27.3 Å². The van der Waals surface area contributed by atoms with Gasteiger partial charge in [0.05, 0.1) is 34.8 Å². The van der Waals surface area contributed by atoms with Crippen LogP contribution in [0.5, 0.6) is 0 Å². The highest BCUT2D eigenvalue weighted by Gasteiger charge is 2.48. The Hall–Kier alpha value is -2.98. The van der Waals surface area contributed by atoms with Crippen LogP contribution in [-0.4, -0.2) is 35.1 Å². The molecule has 1 atom stereocenters. The van der Waals surface area contributed by atoms with Crippen molar-refractivity contribution in [2.45, 2.75) is 29.7 Å². The lowest BCUT2D eigenvalue weighted by molar-refractivity contribution is 0.150. The average Bonchev–Trinajstić information content (AvgIpc) is 3.19. The number of hydrogen-bond acceptors (Lipinski definition) is 8. The number of aromatic nitrogens is 5. The number of fused-ring (bicyclic) bond motifs is 1. The zero-order valence-electron chi connectivity index (χ0n) is 15.7. The highest BCUT2D eigenvalue weighted by atomic mass is 32.2. The van der Waals surface area contributed by atoms with E-state index in [2.05, 4.69) is 31.1 Å². The van der Waals surface area contributed by atoms with Crippen LogP contribution in [0.4, 0.5) is 8.78 Å². The molecular weight excluding hydrogens is 444 g/mol. The van der Waals surface area contributed by atoms with E-state index < -0.39 is 28.3 Å². The molecule has 0 amide bonds. The molecule has 1 saturated carbocycles. The third-order valence-corrected chi connectivity index (χ3v) is 7.01. The number of rotatable bonds is 6. The second-order valence-electron chi connectivity index (χ2n) is 6.96. The van der Waals surface area contributed by atoms with Crippen molar-refractivity contribution in [3.63, 3.8) is 0 Å². The molecule has 1 fully saturated rings. The highest BCUT2D eigenvalue weighted by Crippen LogP contribution is 2.38. The number of nitrogens with one attached hydrogen (secondary N) is 1. The monoisotopic (exact) mass is 457 g/mol. The smallest absolute Gasteiger partial charge is 0.291 e. The molecular formula is C19H13F2N7OS2. The van der Waals surface area contributed by atoms with Crippen molar-refractivity contribution in [1.29, 1.82) is 5.26 Å². The number of halogens is 2. The van der Waals surface area contributed by atoms with Gasteiger partial charge in [-0.2, -0.15) is 10.4 Å². The fourth-order valence-electron chi connectivity index (χ4n) is 3.09. The number of hydrogen-bond donors (Lipinski definition) is 1. The van der Waals surface area contributed by atoms with Crippen molar-refractivity contribution in [3.8, 4) is 22.5 Å². The first-order chi connectivity index (χ1) is 15.0. The molecule has 8 nitrogen and oxygen atoms in total. The van der Waals surface area contributed by atoms with Crippen molar-refractivity contribution < 1.29 is 13.3 Å². The summed E-state index contributed by atoms with van der Waals surface area (Å²) in [6, 6.07) is 11.0. The fourth-order valence-corrected chi connectivity index (χ4v) is 4.93. The van der Waals surface area contributed by atoms with Gasteiger partial charge in [0, 0.05) is 29.3 Å². The zero-order chi connectivity index (χ0) is 21.6. The van der Waals surface area contributed by atoms with Crippen LogP contribution in [0.3, 0.4) is 0 Å². The van der Waals surface area contributed by atoms with E-state index in [0.29, 0.717) is 39.9 Å². The Bertz CT molecular complexity index is 1300. The molecule has 156 valence electrons. The largest absolute Gasteiger partial charge is 0.593 e. The predicted octanol–water partition coefficient (Wildman–Crippen LogP) is 3.54. The minimum absolute atomic E-state index is 0.170. The third kappa shape index (κ3) is 3.66. The van der Waals surface area contributed by atoms with E-state index in [9.17, 15) is 18.6 Å². The summed E-state index contributed by atoms with van der Waals surface area (Å²) in [5, 5.41) is 21.4. The second kappa shape index (κ2) is 7.61. The lowest BCUT2D eigenvalue weighted by atomic mass is 10.1. The van der Waals surface area contributed by atoms with E-state index in [-0.39, 0.29) is 5.13 Å². The van der Waals surface area contributed by atoms with Gasteiger partial charge in [-0.25, -0.2) is 13.5 Å². The number of benzene rings is 1. The number of nitriles is 1. The molecule has 3 aromatic heterocycles. The summed E-state index contributed by atoms with van der Waals surface area (Å²) in [5.41, 5.74) is 1.05. The molecule has 1 aliphatic rings. The molecule has 3 heterocycles. The molecule has 4 aromatic rings. The van der Waals surface area contributed by atoms with Crippen LogP contribution in [0.1, 0.15) is 24.3 Å². The summed E-state index contributed by atoms with van der Waals surface area (Å²) in [5.74, 6) is 0. The van der Waals surface area contributed by atoms with Gasteiger partial charge in [0.2, 0.25) is 5.13 Å². The summed E-state index contributed by atoms with van der Waals surface area (Å²) < 4.78 is 43.3. The van der Waals surface area contributed by atoms with E-state index in [4.69, 9.17) is 0 Å². The summed E-state index contributed by atoms with van der Waals surface area (Å²) in [7, 11) is 0. The topological polar surface area (TPSA) is 115 Å². The fraction of sp³-hybridized carbons (Fsp3) is 0.211. The number of pyridine rings is 1. The van der Waals surface area contributed by atoms with E-state index in [1.807, 2.05) is 12.1 Å². The van der Waals surface area contributed by atoms with Crippen LogP contribution in [0.2, 0.25) is 0 Å². The molecule has 0 spiro atoms. The maximum Gasteiger partial charge on any atom is 0.291 e. The molecule has 5 rings (SSSR count). The molecule has 0 bridgehead atoms. The molecule has 0 radical (unpaired) electrons. The van der Waals surface area contributed by atoms with Crippen molar-refractivity contribution in [2.75, 3.05) is 0 Å². The lowest BCUT2D eigenvalue weighted by Crippen LogP contribution is -2.35. The van der Waals surface area contributed by atoms with Crippen LogP contribution in [0, 0.1) is 11.3 Å². The maximum absolute atomic E-state index is 13.0. The SMILES string of the molecule is N#CC1(N[S+]([O-])c2cc(-c3ccccn3)c3cnn(-c4nnc(C(F)F)s4)c3c2)CC1. The third-order valence-electron chi connectivity index (χ3n) is 4.87. The molecule has 1 aromatic carbocycles. The van der Waals surface area contributed by atoms with Gasteiger partial charge in [-0.15, -0.1) is 14.9 Å². The van der Waals surface area contributed by atoms with E-state index in [0.717, 1.165) is 11.3 Å². The first-order valence-corrected chi connectivity index (χ1v) is 11.1. The van der Waals surface area contributed by atoms with Crippen LogP contribution in [0.15, 0.2) is 47.6 Å². The Morgan fingerprint density at radius 1 is 1.29 bits per heavy atom. The van der Waals surface area contributed by atoms with Crippen molar-refractivity contribution >= 4 is 33.6 Å². The van der Waals surface area contributed by atoms with Gasteiger partial charge in [0.1, 0.15) is 5.54 Å². The quantitative estimate of drug-likeness (QED) is 0.440. The first kappa shape index (κ1) is 20.0. The van der Waals surface area contributed by atoms with E-state index in [1.165, 1.54) is 4.68 Å². The number of alkyl halides is 2. The van der Waals surface area contributed by atoms with Crippen LogP contribution >= 0.6 is 11.3 Å². The Labute approximate surface area is 181 Å². The molecule has 1 N–H and O–H groups in total. The standard InChI is InChI=1S/C19H13F2N7OS2/c20-16(21)17-25-26-18(30-17)28-15-8-11(31(29)27-19(10-22)4-5-19)7-12(13(15)9-24-28)14-3-1-2-6-23-14/h1-3,6-9,16,27H,4-5H2. The van der Waals surface area contributed by atoms with E-state index in [1.54, 1.807) is 30.6 Å². The lowest BCUT2D eigenvalue weighted by Gasteiger charge is -2.15. The summed E-state index contributed by atoms with van der Waals surface area (Å²) in [6.45, 7) is 0. The van der Waals surface area contributed by atoms with Gasteiger partial charge in [-0.3, -0.25) is 4.98 Å². The minimum atomic E-state index is -2.73. The summed E-state index contributed by atoms with van der Waals surface area (Å²) >= 11 is -0.944. The molecule has 12 heteroatoms. The van der Waals surface area contributed by atoms with Crippen molar-refractivity contribution in [1.82, 2.24) is 29.7 Å². The van der Waals surface area contributed by atoms with Gasteiger partial charge in [-0.1, -0.05) is 17.4 Å². The van der Waals surface area contributed by atoms with Gasteiger partial charge in [0.25, 0.3) is 6.43 Å². The summed E-state index contributed by atoms with van der Waals surface area (Å²) in [4.78, 5) is 4.79. The predicted molar refractivity (Wildman–Crippen MR) is 110 cm³/mol. The van der Waals surface area contributed by atoms with Gasteiger partial charge >= 0.3 is 0 Å². The molecule has 31 heavy (non-hydrogen) atoms. The first-order valence-electron chi connectivity index (χ1n) is 9.16. The zero-order valence-corrected chi connectivity index (χ0v) is 17.3. The Kier molecular flexibility index (Phi) is 4.90. The second-order valence-corrected chi connectivity index (χ2v) is 9.16.